The van der Waals surface area contributed by atoms with E-state index in [1.165, 1.54) is 17.0 Å². The van der Waals surface area contributed by atoms with Crippen molar-refractivity contribution in [2.45, 2.75) is 26.4 Å². The summed E-state index contributed by atoms with van der Waals surface area (Å²) in [6, 6.07) is 6.49. The van der Waals surface area contributed by atoms with Crippen LogP contribution in [-0.4, -0.2) is 4.98 Å². The molecule has 0 spiro atoms. The van der Waals surface area contributed by atoms with Crippen molar-refractivity contribution < 1.29 is 8.78 Å². The van der Waals surface area contributed by atoms with Crippen LogP contribution in [0.4, 0.5) is 8.78 Å². The predicted molar refractivity (Wildman–Crippen MR) is 68.8 cm³/mol. The number of aryl methyl sites for hydroxylation is 1. The van der Waals surface area contributed by atoms with Gasteiger partial charge in [-0.25, -0.2) is 13.8 Å². The zero-order valence-corrected chi connectivity index (χ0v) is 10.8. The number of alkyl halides is 2. The molecular weight excluding hydrogens is 254 g/mol. The van der Waals surface area contributed by atoms with Crippen LogP contribution in [-0.2, 0) is 13.1 Å². The van der Waals surface area contributed by atoms with E-state index in [1.807, 2.05) is 18.5 Å². The molecule has 2 nitrogen and oxygen atoms in total. The number of hydrogen-bond donors (Lipinski definition) is 1. The SMILES string of the molecule is Cc1ncsc1CNCc1cccc(C(F)F)c1. The molecule has 1 N–H and O–H groups in total. The monoisotopic (exact) mass is 268 g/mol. The second-order valence-corrected chi connectivity index (χ2v) is 4.95. The molecule has 1 heterocycles. The molecule has 0 saturated heterocycles. The summed E-state index contributed by atoms with van der Waals surface area (Å²) in [7, 11) is 0. The molecule has 96 valence electrons. The first-order valence-electron chi connectivity index (χ1n) is 5.63. The van der Waals surface area contributed by atoms with Crippen LogP contribution in [0, 0.1) is 6.92 Å². The van der Waals surface area contributed by atoms with Gasteiger partial charge in [-0.05, 0) is 18.6 Å². The minimum atomic E-state index is -2.41. The van der Waals surface area contributed by atoms with Crippen molar-refractivity contribution in [1.82, 2.24) is 10.3 Å². The van der Waals surface area contributed by atoms with E-state index < -0.39 is 6.43 Å². The van der Waals surface area contributed by atoms with Gasteiger partial charge in [0.1, 0.15) is 0 Å². The van der Waals surface area contributed by atoms with E-state index in [0.717, 1.165) is 17.8 Å². The Kier molecular flexibility index (Phi) is 4.38. The Morgan fingerprint density at radius 2 is 2.17 bits per heavy atom. The Balaban J connectivity index is 1.90. The van der Waals surface area contributed by atoms with Gasteiger partial charge in [-0.15, -0.1) is 11.3 Å². The Morgan fingerprint density at radius 1 is 1.33 bits per heavy atom. The second-order valence-electron chi connectivity index (χ2n) is 4.01. The highest BCUT2D eigenvalue weighted by Gasteiger charge is 2.07. The van der Waals surface area contributed by atoms with Crippen LogP contribution in [0.1, 0.15) is 28.1 Å². The Hall–Kier alpha value is -1.33. The molecule has 18 heavy (non-hydrogen) atoms. The quantitative estimate of drug-likeness (QED) is 0.894. The van der Waals surface area contributed by atoms with Crippen molar-refractivity contribution in [3.63, 3.8) is 0 Å². The minimum Gasteiger partial charge on any atom is -0.308 e. The maximum atomic E-state index is 12.5. The average Bonchev–Trinajstić information content (AvgIpc) is 2.76. The summed E-state index contributed by atoms with van der Waals surface area (Å²) in [6.07, 6.45) is -2.41. The van der Waals surface area contributed by atoms with E-state index in [4.69, 9.17) is 0 Å². The molecule has 0 aliphatic heterocycles. The standard InChI is InChI=1S/C13H14F2N2S/c1-9-12(18-8-17-9)7-16-6-10-3-2-4-11(5-10)13(14)15/h2-5,8,13,16H,6-7H2,1H3. The first kappa shape index (κ1) is 13.1. The molecule has 0 fully saturated rings. The predicted octanol–water partition coefficient (Wildman–Crippen LogP) is 3.68. The van der Waals surface area contributed by atoms with E-state index in [2.05, 4.69) is 10.3 Å². The third-order valence-electron chi connectivity index (χ3n) is 2.66. The summed E-state index contributed by atoms with van der Waals surface area (Å²) < 4.78 is 25.0. The van der Waals surface area contributed by atoms with Gasteiger partial charge in [-0.3, -0.25) is 0 Å². The van der Waals surface area contributed by atoms with Crippen LogP contribution >= 0.6 is 11.3 Å². The van der Waals surface area contributed by atoms with Gasteiger partial charge >= 0.3 is 0 Å². The molecule has 0 bridgehead atoms. The summed E-state index contributed by atoms with van der Waals surface area (Å²) in [6.45, 7) is 3.26. The molecule has 0 unspecified atom stereocenters. The van der Waals surface area contributed by atoms with E-state index in [0.29, 0.717) is 6.54 Å². The molecule has 5 heteroatoms. The van der Waals surface area contributed by atoms with Crippen LogP contribution in [0.25, 0.3) is 0 Å². The third kappa shape index (κ3) is 3.34. The lowest BCUT2D eigenvalue weighted by Crippen LogP contribution is -2.12. The van der Waals surface area contributed by atoms with E-state index in [9.17, 15) is 8.78 Å². The van der Waals surface area contributed by atoms with Gasteiger partial charge < -0.3 is 5.32 Å². The first-order chi connectivity index (χ1) is 8.66. The summed E-state index contributed by atoms with van der Waals surface area (Å²) in [5.74, 6) is 0. The highest BCUT2D eigenvalue weighted by atomic mass is 32.1. The maximum Gasteiger partial charge on any atom is 0.263 e. The fourth-order valence-corrected chi connectivity index (χ4v) is 2.40. The summed E-state index contributed by atoms with van der Waals surface area (Å²) in [5, 5.41) is 3.24. The molecule has 1 aromatic carbocycles. The number of thiazole rings is 1. The molecular formula is C13H14F2N2S. The number of aromatic nitrogens is 1. The molecule has 0 aliphatic rings. The fraction of sp³-hybridized carbons (Fsp3) is 0.308. The van der Waals surface area contributed by atoms with Gasteiger partial charge in [0.15, 0.2) is 0 Å². The van der Waals surface area contributed by atoms with Crippen molar-refractivity contribution in [3.8, 4) is 0 Å². The zero-order valence-electron chi connectivity index (χ0n) is 9.99. The summed E-state index contributed by atoms with van der Waals surface area (Å²) >= 11 is 1.60. The lowest BCUT2D eigenvalue weighted by atomic mass is 10.1. The van der Waals surface area contributed by atoms with Crippen molar-refractivity contribution in [2.75, 3.05) is 0 Å². The van der Waals surface area contributed by atoms with Crippen molar-refractivity contribution in [2.24, 2.45) is 0 Å². The largest absolute Gasteiger partial charge is 0.308 e. The van der Waals surface area contributed by atoms with Crippen LogP contribution in [0.2, 0.25) is 0 Å². The lowest BCUT2D eigenvalue weighted by molar-refractivity contribution is 0.151. The van der Waals surface area contributed by atoms with Gasteiger partial charge in [0.05, 0.1) is 11.2 Å². The number of rotatable bonds is 5. The molecule has 2 rings (SSSR count). The molecule has 2 aromatic rings. The van der Waals surface area contributed by atoms with E-state index >= 15 is 0 Å². The number of halogens is 2. The zero-order chi connectivity index (χ0) is 13.0. The Bertz CT molecular complexity index is 511. The number of benzene rings is 1. The topological polar surface area (TPSA) is 24.9 Å². The molecule has 0 saturated carbocycles. The smallest absolute Gasteiger partial charge is 0.263 e. The van der Waals surface area contributed by atoms with Crippen molar-refractivity contribution in [1.29, 1.82) is 0 Å². The molecule has 0 amide bonds. The summed E-state index contributed by atoms with van der Waals surface area (Å²) in [4.78, 5) is 5.34. The normalized spacial score (nSPS) is 11.1. The lowest BCUT2D eigenvalue weighted by Gasteiger charge is -2.06. The van der Waals surface area contributed by atoms with Crippen LogP contribution in [0.15, 0.2) is 29.8 Å². The minimum absolute atomic E-state index is 0.0725. The van der Waals surface area contributed by atoms with Crippen LogP contribution in [0.5, 0.6) is 0 Å². The second kappa shape index (κ2) is 6.02. The van der Waals surface area contributed by atoms with Gasteiger partial charge in [-0.2, -0.15) is 0 Å². The van der Waals surface area contributed by atoms with Gasteiger partial charge in [0.25, 0.3) is 6.43 Å². The highest BCUT2D eigenvalue weighted by molar-refractivity contribution is 7.09. The van der Waals surface area contributed by atoms with E-state index in [1.54, 1.807) is 17.4 Å². The van der Waals surface area contributed by atoms with E-state index in [-0.39, 0.29) is 5.56 Å². The number of hydrogen-bond acceptors (Lipinski definition) is 3. The Labute approximate surface area is 109 Å². The fourth-order valence-electron chi connectivity index (χ4n) is 1.66. The summed E-state index contributed by atoms with van der Waals surface area (Å²) in [5.41, 5.74) is 3.77. The van der Waals surface area contributed by atoms with Crippen LogP contribution in [0.3, 0.4) is 0 Å². The average molecular weight is 268 g/mol. The van der Waals surface area contributed by atoms with Gasteiger partial charge in [0.2, 0.25) is 0 Å². The molecule has 1 aromatic heterocycles. The van der Waals surface area contributed by atoms with Gasteiger partial charge in [-0.1, -0.05) is 18.2 Å². The Morgan fingerprint density at radius 3 is 2.83 bits per heavy atom. The maximum absolute atomic E-state index is 12.5. The molecule has 0 aliphatic carbocycles. The highest BCUT2D eigenvalue weighted by Crippen LogP contribution is 2.19. The number of nitrogens with zero attached hydrogens (tertiary/aromatic N) is 1. The van der Waals surface area contributed by atoms with Gasteiger partial charge in [0, 0.05) is 23.5 Å². The van der Waals surface area contributed by atoms with Crippen molar-refractivity contribution in [3.05, 3.63) is 51.5 Å². The van der Waals surface area contributed by atoms with Crippen molar-refractivity contribution >= 4 is 11.3 Å². The third-order valence-corrected chi connectivity index (χ3v) is 3.60. The van der Waals surface area contributed by atoms with Crippen LogP contribution < -0.4 is 5.32 Å². The number of nitrogens with one attached hydrogen (secondary N) is 1. The molecule has 0 atom stereocenters. The molecule has 0 radical (unpaired) electrons. The first-order valence-corrected chi connectivity index (χ1v) is 6.51.